The van der Waals surface area contributed by atoms with Gasteiger partial charge in [0.05, 0.1) is 49.3 Å². The van der Waals surface area contributed by atoms with Crippen molar-refractivity contribution < 1.29 is 27.4 Å². The number of alkyl halides is 2. The highest BCUT2D eigenvalue weighted by Gasteiger charge is 2.33. The lowest BCUT2D eigenvalue weighted by molar-refractivity contribution is -0.102. The molecule has 3 aromatic rings. The van der Waals surface area contributed by atoms with Crippen molar-refractivity contribution >= 4 is 16.9 Å². The Morgan fingerprint density at radius 3 is 2.81 bits per heavy atom. The molecule has 1 N–H and O–H groups in total. The summed E-state index contributed by atoms with van der Waals surface area (Å²) < 4.78 is 53.0. The molecule has 11 heteroatoms. The molecule has 4 rings (SSSR count). The van der Waals surface area contributed by atoms with Crippen molar-refractivity contribution in [3.63, 3.8) is 0 Å². The molecule has 0 bridgehead atoms. The normalized spacial score (nSPS) is 17.8. The van der Waals surface area contributed by atoms with Crippen molar-refractivity contribution in [1.82, 2.24) is 24.8 Å². The van der Waals surface area contributed by atoms with Gasteiger partial charge in [-0.1, -0.05) is 0 Å². The molecule has 1 aliphatic rings. The van der Waals surface area contributed by atoms with E-state index in [4.69, 9.17) is 9.47 Å². The van der Waals surface area contributed by atoms with Crippen LogP contribution in [0.25, 0.3) is 11.0 Å². The van der Waals surface area contributed by atoms with Gasteiger partial charge >= 0.3 is 0 Å². The summed E-state index contributed by atoms with van der Waals surface area (Å²) in [5.74, 6) is -1.04. The molecule has 0 aliphatic carbocycles. The van der Waals surface area contributed by atoms with Gasteiger partial charge in [-0.15, -0.1) is 0 Å². The minimum atomic E-state index is -2.72. The largest absolute Gasteiger partial charge is 0.376 e. The van der Waals surface area contributed by atoms with E-state index in [1.807, 2.05) is 0 Å². The number of benzene rings is 1. The van der Waals surface area contributed by atoms with Crippen molar-refractivity contribution in [2.75, 3.05) is 19.8 Å². The van der Waals surface area contributed by atoms with E-state index in [1.54, 1.807) is 6.92 Å². The average molecular weight is 435 g/mol. The van der Waals surface area contributed by atoms with Crippen LogP contribution in [0.4, 0.5) is 13.2 Å². The molecule has 164 valence electrons. The molecular weight excluding hydrogens is 415 g/mol. The number of ether oxygens (including phenoxy) is 2. The second kappa shape index (κ2) is 8.98. The first-order valence-corrected chi connectivity index (χ1v) is 9.65. The highest BCUT2D eigenvalue weighted by molar-refractivity contribution is 5.92. The zero-order valence-electron chi connectivity index (χ0n) is 16.6. The molecule has 1 saturated heterocycles. The molecular formula is C20H20F3N5O3. The third kappa shape index (κ3) is 4.67. The Hall–Kier alpha value is -3.05. The fraction of sp³-hybridized carbons (Fsp3) is 0.400. The number of aromatic nitrogens is 4. The number of nitrogens with one attached hydrogen (secondary N) is 1. The van der Waals surface area contributed by atoms with Crippen LogP contribution in [0.2, 0.25) is 0 Å². The first-order chi connectivity index (χ1) is 14.9. The SMILES string of the molecule is Cc1cnc(C(=O)NC(c2nc3ccc(F)cc3n2CC(F)F)[C@H]2COCCO2)cn1. The minimum absolute atomic E-state index is 0.0508. The summed E-state index contributed by atoms with van der Waals surface area (Å²) in [7, 11) is 0. The molecule has 31 heavy (non-hydrogen) atoms. The van der Waals surface area contributed by atoms with Gasteiger partial charge in [0, 0.05) is 6.20 Å². The highest BCUT2D eigenvalue weighted by atomic mass is 19.3. The Kier molecular flexibility index (Phi) is 6.14. The Bertz CT molecular complexity index is 1070. The first kappa shape index (κ1) is 21.2. The molecule has 0 radical (unpaired) electrons. The van der Waals surface area contributed by atoms with Crippen molar-refractivity contribution in [2.45, 2.75) is 32.0 Å². The van der Waals surface area contributed by atoms with Crippen LogP contribution >= 0.6 is 0 Å². The number of aryl methyl sites for hydroxylation is 1. The summed E-state index contributed by atoms with van der Waals surface area (Å²) in [5.41, 5.74) is 1.21. The number of amides is 1. The number of carbonyl (C=O) groups excluding carboxylic acids is 1. The van der Waals surface area contributed by atoms with E-state index >= 15 is 0 Å². The first-order valence-electron chi connectivity index (χ1n) is 9.65. The predicted octanol–water partition coefficient (Wildman–Crippen LogP) is 2.43. The van der Waals surface area contributed by atoms with E-state index in [9.17, 15) is 18.0 Å². The highest BCUT2D eigenvalue weighted by Crippen LogP contribution is 2.27. The van der Waals surface area contributed by atoms with Gasteiger partial charge in [0.15, 0.2) is 0 Å². The molecule has 1 unspecified atom stereocenters. The molecule has 1 aromatic carbocycles. The smallest absolute Gasteiger partial charge is 0.272 e. The van der Waals surface area contributed by atoms with Crippen LogP contribution in [0.5, 0.6) is 0 Å². The lowest BCUT2D eigenvalue weighted by Crippen LogP contribution is -2.44. The zero-order chi connectivity index (χ0) is 22.0. The summed E-state index contributed by atoms with van der Waals surface area (Å²) in [6.07, 6.45) is -0.646. The number of hydrogen-bond donors (Lipinski definition) is 1. The van der Waals surface area contributed by atoms with Crippen molar-refractivity contribution in [2.24, 2.45) is 0 Å². The topological polar surface area (TPSA) is 91.2 Å². The van der Waals surface area contributed by atoms with Gasteiger partial charge in [0.25, 0.3) is 12.3 Å². The predicted molar refractivity (Wildman–Crippen MR) is 103 cm³/mol. The van der Waals surface area contributed by atoms with E-state index in [0.717, 1.165) is 6.07 Å². The Balaban J connectivity index is 1.76. The Morgan fingerprint density at radius 1 is 1.29 bits per heavy atom. The third-order valence-corrected chi connectivity index (χ3v) is 4.85. The summed E-state index contributed by atoms with van der Waals surface area (Å²) in [6, 6.07) is 2.79. The van der Waals surface area contributed by atoms with E-state index in [-0.39, 0.29) is 30.2 Å². The van der Waals surface area contributed by atoms with Crippen LogP contribution in [-0.4, -0.2) is 57.8 Å². The van der Waals surface area contributed by atoms with Gasteiger partial charge in [-0.3, -0.25) is 9.78 Å². The average Bonchev–Trinajstić information content (AvgIpc) is 3.09. The van der Waals surface area contributed by atoms with E-state index < -0.39 is 36.8 Å². The maximum absolute atomic E-state index is 13.8. The van der Waals surface area contributed by atoms with E-state index in [0.29, 0.717) is 17.8 Å². The van der Waals surface area contributed by atoms with Crippen LogP contribution in [0.3, 0.4) is 0 Å². The maximum Gasteiger partial charge on any atom is 0.272 e. The maximum atomic E-state index is 13.8. The van der Waals surface area contributed by atoms with Gasteiger partial charge in [-0.25, -0.2) is 23.1 Å². The van der Waals surface area contributed by atoms with Gasteiger partial charge in [-0.2, -0.15) is 0 Å². The molecule has 1 aliphatic heterocycles. The number of fused-ring (bicyclic) bond motifs is 1. The van der Waals surface area contributed by atoms with Crippen LogP contribution in [-0.2, 0) is 16.0 Å². The number of halogens is 3. The zero-order valence-corrected chi connectivity index (χ0v) is 16.6. The Labute approximate surface area is 175 Å². The molecule has 1 fully saturated rings. The minimum Gasteiger partial charge on any atom is -0.376 e. The lowest BCUT2D eigenvalue weighted by Gasteiger charge is -2.31. The van der Waals surface area contributed by atoms with Crippen LogP contribution in [0.15, 0.2) is 30.6 Å². The van der Waals surface area contributed by atoms with Gasteiger partial charge in [-0.05, 0) is 25.1 Å². The molecule has 0 spiro atoms. The standard InChI is InChI=1S/C20H20F3N5O3/c1-11-7-25-14(8-24-11)20(29)27-18(16-10-30-4-5-31-16)19-26-13-3-2-12(21)6-15(13)28(19)9-17(22)23/h2-3,6-8,16-18H,4-5,9-10H2,1H3,(H,27,29)/t16-,18?/m1/s1. The molecule has 2 atom stereocenters. The molecule has 8 nitrogen and oxygen atoms in total. The number of rotatable bonds is 6. The quantitative estimate of drug-likeness (QED) is 0.640. The van der Waals surface area contributed by atoms with E-state index in [2.05, 4.69) is 20.3 Å². The van der Waals surface area contributed by atoms with Crippen molar-refractivity contribution in [1.29, 1.82) is 0 Å². The fourth-order valence-corrected chi connectivity index (χ4v) is 3.43. The lowest BCUT2D eigenvalue weighted by atomic mass is 10.1. The number of carbonyl (C=O) groups is 1. The van der Waals surface area contributed by atoms with E-state index in [1.165, 1.54) is 29.1 Å². The van der Waals surface area contributed by atoms with Gasteiger partial charge < -0.3 is 19.4 Å². The number of nitrogens with zero attached hydrogens (tertiary/aromatic N) is 4. The van der Waals surface area contributed by atoms with Gasteiger partial charge in [0.2, 0.25) is 0 Å². The summed E-state index contributed by atoms with van der Waals surface area (Å²) in [6.45, 7) is 1.78. The summed E-state index contributed by atoms with van der Waals surface area (Å²) in [5, 5.41) is 2.76. The van der Waals surface area contributed by atoms with Crippen LogP contribution in [0.1, 0.15) is 28.0 Å². The number of hydrogen-bond acceptors (Lipinski definition) is 6. The monoisotopic (exact) mass is 435 g/mol. The number of imidazole rings is 1. The summed E-state index contributed by atoms with van der Waals surface area (Å²) >= 11 is 0. The third-order valence-electron chi connectivity index (χ3n) is 4.85. The Morgan fingerprint density at radius 2 is 2.13 bits per heavy atom. The van der Waals surface area contributed by atoms with Crippen molar-refractivity contribution in [3.05, 3.63) is 53.6 Å². The second-order valence-corrected chi connectivity index (χ2v) is 7.08. The second-order valence-electron chi connectivity index (χ2n) is 7.08. The van der Waals surface area contributed by atoms with Crippen LogP contribution < -0.4 is 5.32 Å². The van der Waals surface area contributed by atoms with Crippen molar-refractivity contribution in [3.8, 4) is 0 Å². The molecule has 1 amide bonds. The molecule has 2 aromatic heterocycles. The molecule has 0 saturated carbocycles. The van der Waals surface area contributed by atoms with Crippen LogP contribution in [0, 0.1) is 12.7 Å². The molecule has 3 heterocycles. The van der Waals surface area contributed by atoms with Gasteiger partial charge in [0.1, 0.15) is 29.5 Å². The fourth-order valence-electron chi connectivity index (χ4n) is 3.43. The summed E-state index contributed by atoms with van der Waals surface area (Å²) in [4.78, 5) is 25.4.